The third kappa shape index (κ3) is 5.03. The second-order valence-corrected chi connectivity index (χ2v) is 7.89. The summed E-state index contributed by atoms with van der Waals surface area (Å²) >= 11 is 0. The predicted molar refractivity (Wildman–Crippen MR) is 103 cm³/mol. The second kappa shape index (κ2) is 8.78. The van der Waals surface area contributed by atoms with Crippen molar-refractivity contribution in [2.75, 3.05) is 6.61 Å². The lowest BCUT2D eigenvalue weighted by Crippen LogP contribution is -2.41. The maximum Gasteiger partial charge on any atom is 0.495 e. The highest BCUT2D eigenvalue weighted by molar-refractivity contribution is 6.62. The SMILES string of the molecule is CCOC(=O)CCC(CC)Oc1c(F)cc(B2OC(C)(C)C(C)(C)O2)cc1F. The Hall–Kier alpha value is -1.67. The zero-order valence-corrected chi connectivity index (χ0v) is 17.4. The molecule has 28 heavy (non-hydrogen) atoms. The fourth-order valence-corrected chi connectivity index (χ4v) is 2.83. The highest BCUT2D eigenvalue weighted by Gasteiger charge is 2.52. The van der Waals surface area contributed by atoms with Crippen LogP contribution in [0.15, 0.2) is 12.1 Å². The Labute approximate surface area is 165 Å². The molecule has 1 heterocycles. The standard InChI is InChI=1S/C20H29BF2O5/c1-7-14(9-10-17(24)25-8-2)26-18-15(22)11-13(12-16(18)23)21-27-19(3,4)20(5,6)28-21/h11-12,14H,7-10H2,1-6H3. The largest absolute Gasteiger partial charge is 0.495 e. The molecule has 1 unspecified atom stereocenters. The highest BCUT2D eigenvalue weighted by Crippen LogP contribution is 2.37. The third-order valence-electron chi connectivity index (χ3n) is 5.26. The summed E-state index contributed by atoms with van der Waals surface area (Å²) in [7, 11) is -0.867. The van der Waals surface area contributed by atoms with Gasteiger partial charge in [-0.2, -0.15) is 0 Å². The van der Waals surface area contributed by atoms with Gasteiger partial charge in [-0.25, -0.2) is 8.78 Å². The third-order valence-corrected chi connectivity index (χ3v) is 5.26. The Morgan fingerprint density at radius 1 is 1.11 bits per heavy atom. The van der Waals surface area contributed by atoms with Gasteiger partial charge in [0.15, 0.2) is 17.4 Å². The molecule has 1 saturated heterocycles. The maximum atomic E-state index is 14.6. The van der Waals surface area contributed by atoms with Crippen molar-refractivity contribution in [1.29, 1.82) is 0 Å². The first-order valence-corrected chi connectivity index (χ1v) is 9.67. The molecule has 5 nitrogen and oxygen atoms in total. The molecule has 0 saturated carbocycles. The molecule has 0 aliphatic carbocycles. The summed E-state index contributed by atoms with van der Waals surface area (Å²) in [6, 6.07) is 2.33. The topological polar surface area (TPSA) is 54.0 Å². The number of hydrogen-bond donors (Lipinski definition) is 0. The first-order chi connectivity index (χ1) is 13.0. The summed E-state index contributed by atoms with van der Waals surface area (Å²) in [6.07, 6.45) is 0.433. The van der Waals surface area contributed by atoms with Gasteiger partial charge in [0.2, 0.25) is 0 Å². The molecule has 8 heteroatoms. The Morgan fingerprint density at radius 3 is 2.11 bits per heavy atom. The monoisotopic (exact) mass is 398 g/mol. The lowest BCUT2D eigenvalue weighted by Gasteiger charge is -2.32. The lowest BCUT2D eigenvalue weighted by molar-refractivity contribution is -0.143. The number of hydrogen-bond acceptors (Lipinski definition) is 5. The first kappa shape index (κ1) is 22.6. The van der Waals surface area contributed by atoms with Gasteiger partial charge in [0.25, 0.3) is 0 Å². The number of rotatable bonds is 8. The van der Waals surface area contributed by atoms with E-state index in [0.717, 1.165) is 0 Å². The van der Waals surface area contributed by atoms with Crippen LogP contribution in [0.3, 0.4) is 0 Å². The van der Waals surface area contributed by atoms with E-state index in [2.05, 4.69) is 0 Å². The van der Waals surface area contributed by atoms with Gasteiger partial charge in [-0.1, -0.05) is 6.92 Å². The molecule has 1 aliphatic rings. The van der Waals surface area contributed by atoms with Crippen molar-refractivity contribution in [1.82, 2.24) is 0 Å². The molecular weight excluding hydrogens is 369 g/mol. The van der Waals surface area contributed by atoms with Crippen molar-refractivity contribution in [2.45, 2.75) is 78.1 Å². The van der Waals surface area contributed by atoms with Crippen LogP contribution in [0.2, 0.25) is 0 Å². The minimum Gasteiger partial charge on any atom is -0.484 e. The van der Waals surface area contributed by atoms with E-state index in [0.29, 0.717) is 19.4 Å². The number of carbonyl (C=O) groups is 1. The van der Waals surface area contributed by atoms with Crippen molar-refractivity contribution in [3.63, 3.8) is 0 Å². The van der Waals surface area contributed by atoms with E-state index in [1.807, 2.05) is 34.6 Å². The van der Waals surface area contributed by atoms with Crippen molar-refractivity contribution < 1.29 is 32.4 Å². The number of ether oxygens (including phenoxy) is 2. The average molecular weight is 398 g/mol. The summed E-state index contributed by atoms with van der Waals surface area (Å²) in [4.78, 5) is 11.5. The molecule has 0 spiro atoms. The van der Waals surface area contributed by atoms with E-state index < -0.39 is 41.8 Å². The second-order valence-electron chi connectivity index (χ2n) is 7.89. The maximum absolute atomic E-state index is 14.6. The highest BCUT2D eigenvalue weighted by atomic mass is 19.1. The molecule has 1 fully saturated rings. The van der Waals surface area contributed by atoms with E-state index in [-0.39, 0.29) is 17.9 Å². The minimum atomic E-state index is -0.867. The zero-order valence-electron chi connectivity index (χ0n) is 17.4. The van der Waals surface area contributed by atoms with Gasteiger partial charge in [0.1, 0.15) is 0 Å². The average Bonchev–Trinajstić information content (AvgIpc) is 2.81. The fourth-order valence-electron chi connectivity index (χ4n) is 2.83. The molecular formula is C20H29BF2O5. The molecule has 1 aromatic carbocycles. The summed E-state index contributed by atoms with van der Waals surface area (Å²) in [5.41, 5.74) is -0.971. The van der Waals surface area contributed by atoms with Crippen LogP contribution in [0.4, 0.5) is 8.78 Å². The van der Waals surface area contributed by atoms with Crippen LogP contribution < -0.4 is 10.2 Å². The Kier molecular flexibility index (Phi) is 7.09. The van der Waals surface area contributed by atoms with E-state index >= 15 is 0 Å². The summed E-state index contributed by atoms with van der Waals surface area (Å²) in [6.45, 7) is 11.3. The summed E-state index contributed by atoms with van der Waals surface area (Å²) in [5, 5.41) is 0. The molecule has 0 aromatic heterocycles. The van der Waals surface area contributed by atoms with Crippen molar-refractivity contribution in [3.8, 4) is 5.75 Å². The molecule has 1 aliphatic heterocycles. The zero-order chi connectivity index (χ0) is 21.1. The Morgan fingerprint density at radius 2 is 1.64 bits per heavy atom. The van der Waals surface area contributed by atoms with Crippen LogP contribution in [-0.4, -0.2) is 37.0 Å². The lowest BCUT2D eigenvalue weighted by atomic mass is 9.79. The normalized spacial score (nSPS) is 18.8. The van der Waals surface area contributed by atoms with Gasteiger partial charge in [-0.05, 0) is 65.1 Å². The van der Waals surface area contributed by atoms with Gasteiger partial charge < -0.3 is 18.8 Å². The van der Waals surface area contributed by atoms with E-state index in [4.69, 9.17) is 18.8 Å². The molecule has 0 N–H and O–H groups in total. The molecule has 0 bridgehead atoms. The molecule has 1 aromatic rings. The fraction of sp³-hybridized carbons (Fsp3) is 0.650. The summed E-state index contributed by atoms with van der Waals surface area (Å²) < 4.78 is 51.3. The van der Waals surface area contributed by atoms with Gasteiger partial charge in [-0.15, -0.1) is 0 Å². The number of esters is 1. The van der Waals surface area contributed by atoms with E-state index in [9.17, 15) is 13.6 Å². The van der Waals surface area contributed by atoms with E-state index in [1.165, 1.54) is 12.1 Å². The minimum absolute atomic E-state index is 0.127. The van der Waals surface area contributed by atoms with Gasteiger partial charge in [0.05, 0.1) is 23.9 Å². The van der Waals surface area contributed by atoms with Gasteiger partial charge in [-0.3, -0.25) is 4.79 Å². The van der Waals surface area contributed by atoms with Gasteiger partial charge in [0, 0.05) is 6.42 Å². The van der Waals surface area contributed by atoms with E-state index in [1.54, 1.807) is 6.92 Å². The Balaban J connectivity index is 2.12. The number of benzene rings is 1. The number of carbonyl (C=O) groups excluding carboxylic acids is 1. The predicted octanol–water partition coefficient (Wildman–Crippen LogP) is 3.76. The molecule has 2 rings (SSSR count). The molecule has 1 atom stereocenters. The van der Waals surface area contributed by atoms with Crippen molar-refractivity contribution in [3.05, 3.63) is 23.8 Å². The van der Waals surface area contributed by atoms with Crippen molar-refractivity contribution in [2.24, 2.45) is 0 Å². The van der Waals surface area contributed by atoms with Gasteiger partial charge >= 0.3 is 13.1 Å². The molecule has 0 amide bonds. The van der Waals surface area contributed by atoms with Crippen LogP contribution in [0.5, 0.6) is 5.75 Å². The first-order valence-electron chi connectivity index (χ1n) is 9.67. The van der Waals surface area contributed by atoms with Crippen LogP contribution in [0.1, 0.15) is 60.8 Å². The molecule has 156 valence electrons. The Bertz CT molecular complexity index is 669. The number of halogens is 2. The molecule has 0 radical (unpaired) electrons. The van der Waals surface area contributed by atoms with Crippen LogP contribution >= 0.6 is 0 Å². The quantitative estimate of drug-likeness (QED) is 0.493. The smallest absolute Gasteiger partial charge is 0.484 e. The van der Waals surface area contributed by atoms with Crippen molar-refractivity contribution >= 4 is 18.6 Å². The van der Waals surface area contributed by atoms with Crippen LogP contribution in [0.25, 0.3) is 0 Å². The van der Waals surface area contributed by atoms with Crippen LogP contribution in [0, 0.1) is 11.6 Å². The van der Waals surface area contributed by atoms with Crippen LogP contribution in [-0.2, 0) is 18.8 Å². The summed E-state index contributed by atoms with van der Waals surface area (Å²) in [5.74, 6) is -2.49.